The number of aryl methyl sites for hydroxylation is 1. The van der Waals surface area contributed by atoms with Gasteiger partial charge in [0.05, 0.1) is 13.1 Å². The van der Waals surface area contributed by atoms with Gasteiger partial charge in [-0.3, -0.25) is 14.5 Å². The van der Waals surface area contributed by atoms with Crippen molar-refractivity contribution < 1.29 is 14.7 Å². The minimum Gasteiger partial charge on any atom is -0.480 e. The van der Waals surface area contributed by atoms with Crippen LogP contribution in [0.15, 0.2) is 30.3 Å². The molecule has 0 aliphatic heterocycles. The van der Waals surface area contributed by atoms with Gasteiger partial charge in [0.25, 0.3) is 0 Å². The second-order valence-corrected chi connectivity index (χ2v) is 4.09. The molecule has 1 aromatic carbocycles. The molecule has 0 heterocycles. The van der Waals surface area contributed by atoms with Gasteiger partial charge in [0.1, 0.15) is 5.78 Å². The molecular weight excluding hydrogens is 218 g/mol. The van der Waals surface area contributed by atoms with Gasteiger partial charge in [-0.1, -0.05) is 30.3 Å². The van der Waals surface area contributed by atoms with Gasteiger partial charge in [0.15, 0.2) is 0 Å². The summed E-state index contributed by atoms with van der Waals surface area (Å²) in [4.78, 5) is 23.5. The third kappa shape index (κ3) is 5.82. The average molecular weight is 235 g/mol. The zero-order valence-corrected chi connectivity index (χ0v) is 9.93. The van der Waals surface area contributed by atoms with Crippen molar-refractivity contribution in [3.8, 4) is 0 Å². The first-order chi connectivity index (χ1) is 8.08. The molecule has 1 N–H and O–H groups in total. The van der Waals surface area contributed by atoms with Crippen molar-refractivity contribution in [1.29, 1.82) is 0 Å². The lowest BCUT2D eigenvalue weighted by Gasteiger charge is -2.12. The molecule has 0 spiro atoms. The van der Waals surface area contributed by atoms with E-state index in [1.54, 1.807) is 7.05 Å². The number of hydrogen-bond acceptors (Lipinski definition) is 3. The van der Waals surface area contributed by atoms with Gasteiger partial charge in [0.2, 0.25) is 0 Å². The number of rotatable bonds is 7. The maximum Gasteiger partial charge on any atom is 0.317 e. The van der Waals surface area contributed by atoms with Gasteiger partial charge >= 0.3 is 5.97 Å². The molecule has 0 saturated heterocycles. The lowest BCUT2D eigenvalue weighted by Crippen LogP contribution is -2.31. The molecule has 1 aromatic rings. The first-order valence-corrected chi connectivity index (χ1v) is 5.54. The van der Waals surface area contributed by atoms with E-state index in [4.69, 9.17) is 5.11 Å². The summed E-state index contributed by atoms with van der Waals surface area (Å²) in [5, 5.41) is 8.55. The van der Waals surface area contributed by atoms with Crippen LogP contribution in [0.25, 0.3) is 0 Å². The molecule has 17 heavy (non-hydrogen) atoms. The Labute approximate surface area is 101 Å². The van der Waals surface area contributed by atoms with Crippen molar-refractivity contribution in [3.63, 3.8) is 0 Å². The highest BCUT2D eigenvalue weighted by Crippen LogP contribution is 2.03. The Bertz CT molecular complexity index is 376. The van der Waals surface area contributed by atoms with Gasteiger partial charge < -0.3 is 5.11 Å². The van der Waals surface area contributed by atoms with Gasteiger partial charge in [-0.2, -0.15) is 0 Å². The normalized spacial score (nSPS) is 10.5. The SMILES string of the molecule is CN(CC(=O)O)CC(=O)CCc1ccccc1. The van der Waals surface area contributed by atoms with Crippen LogP contribution in [0.4, 0.5) is 0 Å². The Kier molecular flexibility index (Phi) is 5.36. The van der Waals surface area contributed by atoms with Crippen molar-refractivity contribution in [3.05, 3.63) is 35.9 Å². The third-order valence-corrected chi connectivity index (χ3v) is 2.39. The predicted molar refractivity (Wildman–Crippen MR) is 64.9 cm³/mol. The number of benzene rings is 1. The number of carbonyl (C=O) groups excluding carboxylic acids is 1. The van der Waals surface area contributed by atoms with E-state index in [9.17, 15) is 9.59 Å². The van der Waals surface area contributed by atoms with E-state index in [1.807, 2.05) is 30.3 Å². The number of carboxylic acid groups (broad SMARTS) is 1. The fourth-order valence-electron chi connectivity index (χ4n) is 1.60. The quantitative estimate of drug-likeness (QED) is 0.771. The zero-order valence-electron chi connectivity index (χ0n) is 9.93. The number of hydrogen-bond donors (Lipinski definition) is 1. The molecule has 0 aliphatic rings. The molecule has 4 heteroatoms. The Morgan fingerprint density at radius 3 is 2.41 bits per heavy atom. The number of likely N-dealkylation sites (N-methyl/N-ethyl adjacent to an activating group) is 1. The maximum absolute atomic E-state index is 11.6. The highest BCUT2D eigenvalue weighted by atomic mass is 16.4. The highest BCUT2D eigenvalue weighted by molar-refractivity contribution is 5.81. The van der Waals surface area contributed by atoms with E-state index < -0.39 is 5.97 Å². The van der Waals surface area contributed by atoms with E-state index in [2.05, 4.69) is 0 Å². The van der Waals surface area contributed by atoms with E-state index in [1.165, 1.54) is 4.90 Å². The summed E-state index contributed by atoms with van der Waals surface area (Å²) in [5.74, 6) is -0.846. The number of carboxylic acids is 1. The zero-order chi connectivity index (χ0) is 12.7. The Hall–Kier alpha value is -1.68. The lowest BCUT2D eigenvalue weighted by atomic mass is 10.1. The maximum atomic E-state index is 11.6. The van der Waals surface area contributed by atoms with Crippen molar-refractivity contribution >= 4 is 11.8 Å². The summed E-state index contributed by atoms with van der Waals surface area (Å²) in [6.45, 7) is 0.0935. The Morgan fingerprint density at radius 1 is 1.18 bits per heavy atom. The summed E-state index contributed by atoms with van der Waals surface area (Å²) < 4.78 is 0. The van der Waals surface area contributed by atoms with E-state index >= 15 is 0 Å². The van der Waals surface area contributed by atoms with Crippen LogP contribution in [-0.2, 0) is 16.0 Å². The molecular formula is C13H17NO3. The first kappa shape index (κ1) is 13.4. The number of carbonyl (C=O) groups is 2. The van der Waals surface area contributed by atoms with Crippen molar-refractivity contribution in [2.24, 2.45) is 0 Å². The second kappa shape index (κ2) is 6.81. The Balaban J connectivity index is 2.28. The third-order valence-electron chi connectivity index (χ3n) is 2.39. The van der Waals surface area contributed by atoms with Crippen LogP contribution in [-0.4, -0.2) is 41.9 Å². The molecule has 0 aliphatic carbocycles. The Morgan fingerprint density at radius 2 is 1.82 bits per heavy atom. The predicted octanol–water partition coefficient (Wildman–Crippen LogP) is 1.20. The molecule has 0 unspecified atom stereocenters. The topological polar surface area (TPSA) is 57.6 Å². The molecule has 0 radical (unpaired) electrons. The van der Waals surface area contributed by atoms with Crippen LogP contribution in [0.1, 0.15) is 12.0 Å². The van der Waals surface area contributed by atoms with Crippen molar-refractivity contribution in [2.45, 2.75) is 12.8 Å². The molecule has 0 saturated carbocycles. The van der Waals surface area contributed by atoms with Crippen LogP contribution < -0.4 is 0 Å². The minimum atomic E-state index is -0.914. The van der Waals surface area contributed by atoms with Crippen LogP contribution in [0.5, 0.6) is 0 Å². The summed E-state index contributed by atoms with van der Waals surface area (Å²) in [7, 11) is 1.63. The van der Waals surface area contributed by atoms with Crippen molar-refractivity contribution in [1.82, 2.24) is 4.90 Å². The van der Waals surface area contributed by atoms with Gasteiger partial charge in [-0.25, -0.2) is 0 Å². The molecule has 4 nitrogen and oxygen atoms in total. The lowest BCUT2D eigenvalue weighted by molar-refractivity contribution is -0.138. The molecule has 0 amide bonds. The molecule has 1 rings (SSSR count). The van der Waals surface area contributed by atoms with Crippen LogP contribution in [0, 0.1) is 0 Å². The summed E-state index contributed by atoms with van der Waals surface area (Å²) >= 11 is 0. The fourth-order valence-corrected chi connectivity index (χ4v) is 1.60. The smallest absolute Gasteiger partial charge is 0.317 e. The van der Waals surface area contributed by atoms with Crippen molar-refractivity contribution in [2.75, 3.05) is 20.1 Å². The molecule has 0 bridgehead atoms. The van der Waals surface area contributed by atoms with Gasteiger partial charge in [-0.15, -0.1) is 0 Å². The number of nitrogens with zero attached hydrogens (tertiary/aromatic N) is 1. The summed E-state index contributed by atoms with van der Waals surface area (Å²) in [5.41, 5.74) is 1.13. The van der Waals surface area contributed by atoms with E-state index in [0.29, 0.717) is 12.8 Å². The van der Waals surface area contributed by atoms with Gasteiger partial charge in [-0.05, 0) is 19.0 Å². The second-order valence-electron chi connectivity index (χ2n) is 4.09. The van der Waals surface area contributed by atoms with E-state index in [0.717, 1.165) is 5.56 Å². The fraction of sp³-hybridized carbons (Fsp3) is 0.385. The average Bonchev–Trinajstić information content (AvgIpc) is 2.26. The van der Waals surface area contributed by atoms with E-state index in [-0.39, 0.29) is 18.9 Å². The summed E-state index contributed by atoms with van der Waals surface area (Å²) in [6.07, 6.45) is 1.16. The van der Waals surface area contributed by atoms with Crippen LogP contribution >= 0.6 is 0 Å². The monoisotopic (exact) mass is 235 g/mol. The standard InChI is InChI=1S/C13H17NO3/c1-14(10-13(16)17)9-12(15)8-7-11-5-3-2-4-6-11/h2-6H,7-10H2,1H3,(H,16,17). The molecule has 92 valence electrons. The highest BCUT2D eigenvalue weighted by Gasteiger charge is 2.09. The summed E-state index contributed by atoms with van der Waals surface area (Å²) in [6, 6.07) is 9.78. The largest absolute Gasteiger partial charge is 0.480 e. The van der Waals surface area contributed by atoms with Crippen LogP contribution in [0.3, 0.4) is 0 Å². The number of aliphatic carboxylic acids is 1. The van der Waals surface area contributed by atoms with Crippen LogP contribution in [0.2, 0.25) is 0 Å². The molecule has 0 atom stereocenters. The molecule has 0 aromatic heterocycles. The minimum absolute atomic E-state index is 0.0672. The van der Waals surface area contributed by atoms with Gasteiger partial charge in [0, 0.05) is 6.42 Å². The molecule has 0 fully saturated rings. The number of ketones is 1. The first-order valence-electron chi connectivity index (χ1n) is 5.54. The number of Topliss-reactive ketones (excluding diaryl/α,β-unsaturated/α-hetero) is 1.